The van der Waals surface area contributed by atoms with E-state index in [1.165, 1.54) is 6.20 Å². The molecule has 4 heterocycles. The van der Waals surface area contributed by atoms with Crippen molar-refractivity contribution in [2.45, 2.75) is 26.3 Å². The number of fused-ring (bicyclic) bond motifs is 1. The quantitative estimate of drug-likeness (QED) is 0.658. The summed E-state index contributed by atoms with van der Waals surface area (Å²) < 4.78 is 7.53. The second-order valence-corrected chi connectivity index (χ2v) is 7.06. The van der Waals surface area contributed by atoms with Crippen LogP contribution >= 0.6 is 0 Å². The van der Waals surface area contributed by atoms with Crippen LogP contribution in [-0.2, 0) is 0 Å². The Labute approximate surface area is 169 Å². The number of anilines is 2. The van der Waals surface area contributed by atoms with Crippen molar-refractivity contribution in [1.29, 1.82) is 0 Å². The van der Waals surface area contributed by atoms with Gasteiger partial charge in [-0.15, -0.1) is 0 Å². The minimum Gasteiger partial charge on any atom is -0.477 e. The van der Waals surface area contributed by atoms with E-state index in [1.54, 1.807) is 0 Å². The molecule has 0 aromatic carbocycles. The summed E-state index contributed by atoms with van der Waals surface area (Å²) in [5.74, 6) is 0.561. The number of pyridine rings is 1. The first-order valence-corrected chi connectivity index (χ1v) is 9.76. The van der Waals surface area contributed by atoms with E-state index in [1.807, 2.05) is 49.8 Å². The van der Waals surface area contributed by atoms with Crippen molar-refractivity contribution in [1.82, 2.24) is 24.7 Å². The van der Waals surface area contributed by atoms with Gasteiger partial charge in [0.15, 0.2) is 0 Å². The van der Waals surface area contributed by atoms with Crippen molar-refractivity contribution in [3.63, 3.8) is 0 Å². The van der Waals surface area contributed by atoms with Crippen LogP contribution in [0.3, 0.4) is 0 Å². The average Bonchev–Trinajstić information content (AvgIpc) is 3.33. The van der Waals surface area contributed by atoms with Gasteiger partial charge >= 0.3 is 0 Å². The smallest absolute Gasteiger partial charge is 0.262 e. The molecule has 1 fully saturated rings. The third-order valence-electron chi connectivity index (χ3n) is 4.98. The summed E-state index contributed by atoms with van der Waals surface area (Å²) in [6, 6.07) is 4.09. The van der Waals surface area contributed by atoms with Gasteiger partial charge in [0.25, 0.3) is 5.91 Å². The largest absolute Gasteiger partial charge is 0.477 e. The minimum absolute atomic E-state index is 0.294. The topological polar surface area (TPSA) is 96.7 Å². The Morgan fingerprint density at radius 1 is 1.31 bits per heavy atom. The number of carbonyl (C=O) groups excluding carboxylic acids is 1. The average molecular weight is 395 g/mol. The highest BCUT2D eigenvalue weighted by Crippen LogP contribution is 2.23. The lowest BCUT2D eigenvalue weighted by Gasteiger charge is -2.18. The molecule has 9 heteroatoms. The fraction of sp³-hybridized carbons (Fsp3) is 0.400. The molecule has 1 aliphatic rings. The Morgan fingerprint density at radius 2 is 2.17 bits per heavy atom. The zero-order valence-electron chi connectivity index (χ0n) is 16.8. The van der Waals surface area contributed by atoms with E-state index < -0.39 is 0 Å². The lowest BCUT2D eigenvalue weighted by atomic mass is 10.3. The Kier molecular flexibility index (Phi) is 5.30. The SMILES string of the molecule is CCOc1nc(N2CC[C@@H](NC)C2)ncc1C(=O)Nc1ccc2nc(C)cn2c1. The molecule has 0 saturated carbocycles. The molecule has 1 amide bonds. The summed E-state index contributed by atoms with van der Waals surface area (Å²) in [5, 5.41) is 6.17. The van der Waals surface area contributed by atoms with Gasteiger partial charge in [-0.25, -0.2) is 9.97 Å². The molecule has 3 aromatic rings. The molecular weight excluding hydrogens is 370 g/mol. The van der Waals surface area contributed by atoms with E-state index in [0.29, 0.717) is 35.7 Å². The van der Waals surface area contributed by atoms with Crippen LogP contribution in [0.2, 0.25) is 0 Å². The third-order valence-corrected chi connectivity index (χ3v) is 4.98. The number of nitrogens with zero attached hydrogens (tertiary/aromatic N) is 5. The van der Waals surface area contributed by atoms with Crippen molar-refractivity contribution in [3.8, 4) is 5.88 Å². The van der Waals surface area contributed by atoms with Gasteiger partial charge in [-0.05, 0) is 39.4 Å². The molecule has 9 nitrogen and oxygen atoms in total. The fourth-order valence-electron chi connectivity index (χ4n) is 3.48. The molecule has 0 bridgehead atoms. The van der Waals surface area contributed by atoms with E-state index >= 15 is 0 Å². The fourth-order valence-corrected chi connectivity index (χ4v) is 3.48. The number of aryl methyl sites for hydroxylation is 1. The van der Waals surface area contributed by atoms with E-state index in [-0.39, 0.29) is 5.91 Å². The number of amides is 1. The molecule has 4 rings (SSSR count). The zero-order valence-corrected chi connectivity index (χ0v) is 16.8. The second-order valence-electron chi connectivity index (χ2n) is 7.06. The van der Waals surface area contributed by atoms with Crippen molar-refractivity contribution in [3.05, 3.63) is 42.0 Å². The first-order valence-electron chi connectivity index (χ1n) is 9.76. The van der Waals surface area contributed by atoms with Crippen LogP contribution in [0.15, 0.2) is 30.7 Å². The number of aromatic nitrogens is 4. The summed E-state index contributed by atoms with van der Waals surface area (Å²) in [4.78, 5) is 28.3. The highest BCUT2D eigenvalue weighted by molar-refractivity contribution is 6.05. The predicted octanol–water partition coefficient (Wildman–Crippen LogP) is 1.88. The molecule has 0 unspecified atom stereocenters. The van der Waals surface area contributed by atoms with Crippen molar-refractivity contribution in [2.75, 3.05) is 37.0 Å². The van der Waals surface area contributed by atoms with Crippen LogP contribution in [0.25, 0.3) is 5.65 Å². The summed E-state index contributed by atoms with van der Waals surface area (Å²) >= 11 is 0. The number of carbonyl (C=O) groups is 1. The standard InChI is InChI=1S/C20H25N7O2/c1-4-29-19-16(9-22-20(25-19)26-8-7-14(11-26)21-3)18(28)24-15-5-6-17-23-13(2)10-27(17)12-15/h5-6,9-10,12,14,21H,4,7-8,11H2,1-3H3,(H,24,28)/t14-/m1/s1. The predicted molar refractivity (Wildman–Crippen MR) is 111 cm³/mol. The number of hydrogen-bond acceptors (Lipinski definition) is 7. The van der Waals surface area contributed by atoms with E-state index in [9.17, 15) is 4.79 Å². The first-order chi connectivity index (χ1) is 14.1. The maximum absolute atomic E-state index is 12.9. The summed E-state index contributed by atoms with van der Waals surface area (Å²) in [6.45, 7) is 5.91. The summed E-state index contributed by atoms with van der Waals surface area (Å²) in [6.07, 6.45) is 6.30. The number of ether oxygens (including phenoxy) is 1. The van der Waals surface area contributed by atoms with Gasteiger partial charge in [0.1, 0.15) is 11.2 Å². The molecule has 29 heavy (non-hydrogen) atoms. The van der Waals surface area contributed by atoms with Gasteiger partial charge in [0, 0.05) is 37.7 Å². The Balaban J connectivity index is 1.56. The van der Waals surface area contributed by atoms with E-state index in [4.69, 9.17) is 4.74 Å². The Hall–Kier alpha value is -3.20. The maximum atomic E-state index is 12.9. The van der Waals surface area contributed by atoms with Gasteiger partial charge in [0.05, 0.1) is 18.0 Å². The molecule has 152 valence electrons. The van der Waals surface area contributed by atoms with E-state index in [2.05, 4.69) is 30.5 Å². The molecule has 1 aliphatic heterocycles. The molecule has 1 atom stereocenters. The highest BCUT2D eigenvalue weighted by atomic mass is 16.5. The number of imidazole rings is 1. The lowest BCUT2D eigenvalue weighted by Crippen LogP contribution is -2.30. The van der Waals surface area contributed by atoms with Crippen LogP contribution in [0.5, 0.6) is 5.88 Å². The van der Waals surface area contributed by atoms with Crippen molar-refractivity contribution in [2.24, 2.45) is 0 Å². The van der Waals surface area contributed by atoms with E-state index in [0.717, 1.165) is 30.9 Å². The minimum atomic E-state index is -0.314. The van der Waals surface area contributed by atoms with Gasteiger partial charge in [-0.1, -0.05) is 0 Å². The number of hydrogen-bond donors (Lipinski definition) is 2. The maximum Gasteiger partial charge on any atom is 0.262 e. The number of likely N-dealkylation sites (N-methyl/N-ethyl adjacent to an activating group) is 1. The van der Waals surface area contributed by atoms with Crippen LogP contribution in [0.4, 0.5) is 11.6 Å². The molecule has 0 spiro atoms. The van der Waals surface area contributed by atoms with Crippen LogP contribution in [-0.4, -0.2) is 58.0 Å². The van der Waals surface area contributed by atoms with Gasteiger partial charge < -0.3 is 24.7 Å². The van der Waals surface area contributed by atoms with Crippen LogP contribution in [0.1, 0.15) is 29.4 Å². The molecular formula is C20H25N7O2. The number of rotatable bonds is 6. The lowest BCUT2D eigenvalue weighted by molar-refractivity contribution is 0.102. The van der Waals surface area contributed by atoms with Crippen molar-refractivity contribution < 1.29 is 9.53 Å². The monoisotopic (exact) mass is 395 g/mol. The molecule has 2 N–H and O–H groups in total. The molecule has 1 saturated heterocycles. The Morgan fingerprint density at radius 3 is 2.93 bits per heavy atom. The zero-order chi connectivity index (χ0) is 20.4. The molecule has 0 aliphatic carbocycles. The molecule has 0 radical (unpaired) electrons. The van der Waals surface area contributed by atoms with Gasteiger partial charge in [-0.3, -0.25) is 4.79 Å². The molecule has 3 aromatic heterocycles. The Bertz CT molecular complexity index is 1030. The summed E-state index contributed by atoms with van der Waals surface area (Å²) in [7, 11) is 1.95. The normalized spacial score (nSPS) is 16.4. The highest BCUT2D eigenvalue weighted by Gasteiger charge is 2.25. The van der Waals surface area contributed by atoms with Crippen LogP contribution in [0, 0.1) is 6.92 Å². The van der Waals surface area contributed by atoms with Gasteiger partial charge in [-0.2, -0.15) is 4.98 Å². The first kappa shape index (κ1) is 19.1. The summed E-state index contributed by atoms with van der Waals surface area (Å²) in [5.41, 5.74) is 2.71. The van der Waals surface area contributed by atoms with Crippen LogP contribution < -0.4 is 20.3 Å². The second kappa shape index (κ2) is 8.04. The number of nitrogens with one attached hydrogen (secondary N) is 2. The van der Waals surface area contributed by atoms with Crippen molar-refractivity contribution >= 4 is 23.2 Å². The van der Waals surface area contributed by atoms with Gasteiger partial charge in [0.2, 0.25) is 11.8 Å². The third kappa shape index (κ3) is 4.00.